The van der Waals surface area contributed by atoms with E-state index >= 15 is 0 Å². The highest BCUT2D eigenvalue weighted by Crippen LogP contribution is 2.28. The summed E-state index contributed by atoms with van der Waals surface area (Å²) in [7, 11) is 0. The average Bonchev–Trinajstić information content (AvgIpc) is 2.85. The third-order valence-electron chi connectivity index (χ3n) is 6.20. The maximum Gasteiger partial charge on any atom is 0.237 e. The van der Waals surface area contributed by atoms with Crippen molar-refractivity contribution in [3.8, 4) is 5.88 Å². The minimum absolute atomic E-state index is 0.394. The molecule has 9 heteroatoms. The van der Waals surface area contributed by atoms with Gasteiger partial charge < -0.3 is 25.0 Å². The van der Waals surface area contributed by atoms with E-state index in [1.54, 1.807) is 13.1 Å². The molecule has 2 N–H and O–H groups in total. The lowest BCUT2D eigenvalue weighted by atomic mass is 9.86. The number of hydrogen-bond acceptors (Lipinski definition) is 7. The molecule has 4 rings (SSSR count). The summed E-state index contributed by atoms with van der Waals surface area (Å²) in [6, 6.07) is 8.59. The summed E-state index contributed by atoms with van der Waals surface area (Å²) in [4.78, 5) is 11.1. The van der Waals surface area contributed by atoms with Gasteiger partial charge in [0.15, 0.2) is 0 Å². The van der Waals surface area contributed by atoms with Gasteiger partial charge in [-0.25, -0.2) is 9.37 Å². The van der Waals surface area contributed by atoms with E-state index < -0.39 is 6.17 Å². The van der Waals surface area contributed by atoms with Gasteiger partial charge in [0, 0.05) is 37.1 Å². The molecule has 2 fully saturated rings. The summed E-state index contributed by atoms with van der Waals surface area (Å²) in [5.41, 5.74) is 2.07. The summed E-state index contributed by atoms with van der Waals surface area (Å²) >= 11 is 6.28. The van der Waals surface area contributed by atoms with Crippen LogP contribution in [0.5, 0.6) is 5.88 Å². The van der Waals surface area contributed by atoms with Crippen molar-refractivity contribution < 1.29 is 13.9 Å². The SMILES string of the molecule is CC(F)CN[C@H]1CC[C@H](COc2nc(Nc3ccc(N4CCOCC4)cc3)ncc2Cl)CC1. The van der Waals surface area contributed by atoms with Crippen LogP contribution in [-0.4, -0.2) is 61.6 Å². The fourth-order valence-electron chi connectivity index (χ4n) is 4.28. The van der Waals surface area contributed by atoms with Crippen LogP contribution < -0.4 is 20.3 Å². The second kappa shape index (κ2) is 11.8. The summed E-state index contributed by atoms with van der Waals surface area (Å²) in [6.45, 7) is 5.91. The Morgan fingerprint density at radius 1 is 1.18 bits per heavy atom. The van der Waals surface area contributed by atoms with Gasteiger partial charge in [-0.15, -0.1) is 0 Å². The normalized spacial score (nSPS) is 22.1. The van der Waals surface area contributed by atoms with Gasteiger partial charge in [-0.1, -0.05) is 11.6 Å². The first-order chi connectivity index (χ1) is 16.1. The Kier molecular flexibility index (Phi) is 8.58. The van der Waals surface area contributed by atoms with Crippen LogP contribution >= 0.6 is 11.6 Å². The van der Waals surface area contributed by atoms with Crippen molar-refractivity contribution in [3.63, 3.8) is 0 Å². The first-order valence-corrected chi connectivity index (χ1v) is 12.2. The molecule has 0 spiro atoms. The van der Waals surface area contributed by atoms with Crippen LogP contribution in [0.25, 0.3) is 0 Å². The van der Waals surface area contributed by atoms with Crippen LogP contribution in [0.2, 0.25) is 5.02 Å². The second-order valence-electron chi connectivity index (χ2n) is 8.84. The zero-order chi connectivity index (χ0) is 23.0. The summed E-state index contributed by atoms with van der Waals surface area (Å²) in [5, 5.41) is 6.93. The van der Waals surface area contributed by atoms with Gasteiger partial charge in [0.05, 0.1) is 26.0 Å². The van der Waals surface area contributed by atoms with Crippen LogP contribution in [-0.2, 0) is 4.74 Å². The number of morpholine rings is 1. The largest absolute Gasteiger partial charge is 0.476 e. The number of aromatic nitrogens is 2. The van der Waals surface area contributed by atoms with Crippen LogP contribution in [0.1, 0.15) is 32.6 Å². The number of halogens is 2. The quantitative estimate of drug-likeness (QED) is 0.547. The number of ether oxygens (including phenoxy) is 2. The van der Waals surface area contributed by atoms with Crippen molar-refractivity contribution in [2.24, 2.45) is 5.92 Å². The first-order valence-electron chi connectivity index (χ1n) is 11.8. The molecule has 1 saturated carbocycles. The minimum Gasteiger partial charge on any atom is -0.476 e. The zero-order valence-corrected chi connectivity index (χ0v) is 19.9. The molecular weight excluding hydrogens is 445 g/mol. The smallest absolute Gasteiger partial charge is 0.237 e. The maximum absolute atomic E-state index is 13.0. The van der Waals surface area contributed by atoms with Crippen LogP contribution in [0, 0.1) is 5.92 Å². The highest BCUT2D eigenvalue weighted by atomic mass is 35.5. The Hall–Kier alpha value is -2.16. The third kappa shape index (κ3) is 7.16. The van der Waals surface area contributed by atoms with Gasteiger partial charge in [0.1, 0.15) is 11.2 Å². The van der Waals surface area contributed by atoms with Gasteiger partial charge in [-0.2, -0.15) is 4.98 Å². The highest BCUT2D eigenvalue weighted by molar-refractivity contribution is 6.31. The van der Waals surface area contributed by atoms with Crippen molar-refractivity contribution in [3.05, 3.63) is 35.5 Å². The van der Waals surface area contributed by atoms with E-state index in [1.807, 2.05) is 12.1 Å². The van der Waals surface area contributed by atoms with Crippen LogP contribution in [0.4, 0.5) is 21.7 Å². The van der Waals surface area contributed by atoms with Crippen molar-refractivity contribution in [2.75, 3.05) is 49.7 Å². The van der Waals surface area contributed by atoms with E-state index in [2.05, 4.69) is 37.6 Å². The lowest BCUT2D eigenvalue weighted by Gasteiger charge is -2.29. The molecule has 0 radical (unpaired) electrons. The van der Waals surface area contributed by atoms with Gasteiger partial charge in [0.25, 0.3) is 0 Å². The average molecular weight is 478 g/mol. The van der Waals surface area contributed by atoms with E-state index in [-0.39, 0.29) is 0 Å². The monoisotopic (exact) mass is 477 g/mol. The molecule has 2 aromatic rings. The zero-order valence-electron chi connectivity index (χ0n) is 19.1. The Morgan fingerprint density at radius 3 is 2.61 bits per heavy atom. The molecule has 1 atom stereocenters. The Bertz CT molecular complexity index is 872. The van der Waals surface area contributed by atoms with E-state index in [1.165, 1.54) is 5.69 Å². The van der Waals surface area contributed by atoms with Crippen molar-refractivity contribution in [2.45, 2.75) is 44.8 Å². The molecule has 7 nitrogen and oxygen atoms in total. The molecular formula is C24H33ClFN5O2. The lowest BCUT2D eigenvalue weighted by Crippen LogP contribution is -2.37. The molecule has 1 saturated heterocycles. The molecule has 1 aliphatic carbocycles. The number of rotatable bonds is 9. The third-order valence-corrected chi connectivity index (χ3v) is 6.46. The Balaban J connectivity index is 1.27. The van der Waals surface area contributed by atoms with Crippen molar-refractivity contribution in [1.82, 2.24) is 15.3 Å². The molecule has 180 valence electrons. The summed E-state index contributed by atoms with van der Waals surface area (Å²) in [6.07, 6.45) is 4.91. The van der Waals surface area contributed by atoms with E-state index in [0.717, 1.165) is 57.7 Å². The van der Waals surface area contributed by atoms with Gasteiger partial charge in [-0.05, 0) is 62.8 Å². The Labute approximate surface area is 200 Å². The van der Waals surface area contributed by atoms with Crippen LogP contribution in [0.3, 0.4) is 0 Å². The van der Waals surface area contributed by atoms with Crippen molar-refractivity contribution in [1.29, 1.82) is 0 Å². The minimum atomic E-state index is -0.809. The molecule has 2 aliphatic rings. The molecule has 1 aliphatic heterocycles. The highest BCUT2D eigenvalue weighted by Gasteiger charge is 2.22. The van der Waals surface area contributed by atoms with Gasteiger partial charge in [-0.3, -0.25) is 0 Å². The summed E-state index contributed by atoms with van der Waals surface area (Å²) < 4.78 is 24.4. The van der Waals surface area contributed by atoms with Gasteiger partial charge in [0.2, 0.25) is 11.8 Å². The maximum atomic E-state index is 13.0. The molecule has 33 heavy (non-hydrogen) atoms. The van der Waals surface area contributed by atoms with E-state index in [4.69, 9.17) is 21.1 Å². The predicted octanol–water partition coefficient (Wildman–Crippen LogP) is 4.60. The number of hydrogen-bond donors (Lipinski definition) is 2. The standard InChI is InChI=1S/C24H33ClFN5O2/c1-17(26)14-27-19-4-2-18(3-5-19)16-33-23-22(25)15-28-24(30-23)29-20-6-8-21(9-7-20)31-10-12-32-13-11-31/h6-9,15,17-19,27H,2-5,10-14,16H2,1H3,(H,28,29,30)/t17?,18-,19-. The molecule has 0 amide bonds. The number of benzene rings is 1. The molecule has 2 heterocycles. The molecule has 1 aromatic heterocycles. The topological polar surface area (TPSA) is 71.5 Å². The van der Waals surface area contributed by atoms with Crippen molar-refractivity contribution >= 4 is 28.9 Å². The molecule has 0 bridgehead atoms. The first kappa shape index (κ1) is 24.0. The molecule has 1 aromatic carbocycles. The van der Waals surface area contributed by atoms with E-state index in [9.17, 15) is 4.39 Å². The fraction of sp³-hybridized carbons (Fsp3) is 0.583. The van der Waals surface area contributed by atoms with E-state index in [0.29, 0.717) is 42.0 Å². The second-order valence-corrected chi connectivity index (χ2v) is 9.24. The Morgan fingerprint density at radius 2 is 1.91 bits per heavy atom. The predicted molar refractivity (Wildman–Crippen MR) is 130 cm³/mol. The van der Waals surface area contributed by atoms with Crippen LogP contribution in [0.15, 0.2) is 30.5 Å². The summed E-state index contributed by atoms with van der Waals surface area (Å²) in [5.74, 6) is 1.29. The number of alkyl halides is 1. The lowest BCUT2D eigenvalue weighted by molar-refractivity contribution is 0.122. The number of nitrogens with zero attached hydrogens (tertiary/aromatic N) is 3. The van der Waals surface area contributed by atoms with Gasteiger partial charge >= 0.3 is 0 Å². The fourth-order valence-corrected chi connectivity index (χ4v) is 4.42. The number of anilines is 3. The molecule has 1 unspecified atom stereocenters. The number of nitrogens with one attached hydrogen (secondary N) is 2.